The van der Waals surface area contributed by atoms with E-state index in [1.165, 1.54) is 10.9 Å². The summed E-state index contributed by atoms with van der Waals surface area (Å²) in [7, 11) is 1.87. The van der Waals surface area contributed by atoms with Crippen molar-refractivity contribution in [1.29, 1.82) is 0 Å². The molecule has 26 heavy (non-hydrogen) atoms. The quantitative estimate of drug-likeness (QED) is 0.795. The van der Waals surface area contributed by atoms with Gasteiger partial charge in [-0.1, -0.05) is 0 Å². The van der Waals surface area contributed by atoms with E-state index in [2.05, 4.69) is 9.88 Å². The molecule has 2 saturated heterocycles. The minimum absolute atomic E-state index is 0.233. The van der Waals surface area contributed by atoms with Crippen molar-refractivity contribution in [3.05, 3.63) is 28.4 Å². The molecule has 2 fully saturated rings. The molecule has 0 spiro atoms. The lowest BCUT2D eigenvalue weighted by Crippen LogP contribution is -2.44. The van der Waals surface area contributed by atoms with E-state index in [-0.39, 0.29) is 5.91 Å². The van der Waals surface area contributed by atoms with E-state index in [1.54, 1.807) is 0 Å². The highest BCUT2D eigenvalue weighted by Crippen LogP contribution is 2.23. The summed E-state index contributed by atoms with van der Waals surface area (Å²) in [6.07, 6.45) is 2.08. The first-order valence-corrected chi connectivity index (χ1v) is 9.23. The number of rotatable bonds is 5. The van der Waals surface area contributed by atoms with Crippen molar-refractivity contribution >= 4 is 5.91 Å². The molecule has 0 saturated carbocycles. The number of hydrogen-bond donors (Lipinski definition) is 0. The van der Waals surface area contributed by atoms with E-state index >= 15 is 0 Å². The molecule has 0 N–H and O–H groups in total. The number of aromatic nitrogens is 2. The van der Waals surface area contributed by atoms with Crippen LogP contribution >= 0.6 is 0 Å². The second-order valence-electron chi connectivity index (χ2n) is 7.53. The average molecular weight is 368 g/mol. The first-order chi connectivity index (χ1) is 12.4. The largest absolute Gasteiger partial charge is 0.345 e. The highest BCUT2D eigenvalue weighted by atomic mass is 19.3. The van der Waals surface area contributed by atoms with Crippen LogP contribution in [0.3, 0.4) is 0 Å². The molecular weight excluding hydrogens is 342 g/mol. The van der Waals surface area contributed by atoms with Gasteiger partial charge in [0.2, 0.25) is 5.91 Å². The molecule has 1 aromatic heterocycles. The fourth-order valence-corrected chi connectivity index (χ4v) is 3.94. The number of alkyl halides is 2. The third-order valence-corrected chi connectivity index (χ3v) is 5.53. The zero-order chi connectivity index (χ0) is 18.7. The van der Waals surface area contributed by atoms with Crippen LogP contribution in [0.15, 0.2) is 17.2 Å². The van der Waals surface area contributed by atoms with Crippen LogP contribution in [0.2, 0.25) is 0 Å². The van der Waals surface area contributed by atoms with Crippen LogP contribution in [0.1, 0.15) is 37.8 Å². The smallest absolute Gasteiger partial charge is 0.280 e. The van der Waals surface area contributed by atoms with Crippen LogP contribution in [0.5, 0.6) is 0 Å². The Morgan fingerprint density at radius 1 is 1.15 bits per heavy atom. The minimum atomic E-state index is -2.71. The van der Waals surface area contributed by atoms with E-state index in [0.717, 1.165) is 51.5 Å². The van der Waals surface area contributed by atoms with E-state index in [9.17, 15) is 18.4 Å². The molecule has 1 unspecified atom stereocenters. The van der Waals surface area contributed by atoms with Gasteiger partial charge >= 0.3 is 0 Å². The van der Waals surface area contributed by atoms with Crippen molar-refractivity contribution < 1.29 is 13.6 Å². The zero-order valence-corrected chi connectivity index (χ0v) is 15.1. The maximum Gasteiger partial charge on any atom is 0.280 e. The average Bonchev–Trinajstić information content (AvgIpc) is 2.61. The maximum atomic E-state index is 12.6. The molecule has 3 heterocycles. The van der Waals surface area contributed by atoms with Gasteiger partial charge in [0.05, 0.1) is 6.33 Å². The van der Waals surface area contributed by atoms with Crippen molar-refractivity contribution in [3.63, 3.8) is 0 Å². The van der Waals surface area contributed by atoms with Crippen LogP contribution in [0.25, 0.3) is 0 Å². The first-order valence-electron chi connectivity index (χ1n) is 9.23. The van der Waals surface area contributed by atoms with Gasteiger partial charge in [-0.25, -0.2) is 13.8 Å². The Labute approximate surface area is 151 Å². The molecule has 0 aromatic carbocycles. The number of carbonyl (C=O) groups excluding carboxylic acids is 1. The number of hydrogen-bond acceptors (Lipinski definition) is 4. The minimum Gasteiger partial charge on any atom is -0.345 e. The van der Waals surface area contributed by atoms with Crippen LogP contribution in [0.4, 0.5) is 8.78 Å². The van der Waals surface area contributed by atoms with Crippen molar-refractivity contribution in [2.75, 3.05) is 33.2 Å². The Hall–Kier alpha value is -1.83. The summed E-state index contributed by atoms with van der Waals surface area (Å²) in [5.41, 5.74) is -0.871. The molecule has 0 aliphatic carbocycles. The molecule has 3 rings (SSSR count). The summed E-state index contributed by atoms with van der Waals surface area (Å²) >= 11 is 0. The van der Waals surface area contributed by atoms with Crippen LogP contribution in [-0.2, 0) is 11.3 Å². The lowest BCUT2D eigenvalue weighted by Gasteiger charge is -2.37. The Morgan fingerprint density at radius 2 is 1.88 bits per heavy atom. The Balaban J connectivity index is 1.47. The number of likely N-dealkylation sites (tertiary alicyclic amines) is 2. The zero-order valence-electron chi connectivity index (χ0n) is 15.1. The van der Waals surface area contributed by atoms with Crippen LogP contribution < -0.4 is 5.56 Å². The van der Waals surface area contributed by atoms with Crippen LogP contribution in [-0.4, -0.2) is 58.5 Å². The normalized spacial score (nSPS) is 23.0. The third-order valence-electron chi connectivity index (χ3n) is 5.53. The first kappa shape index (κ1) is 18.9. The third kappa shape index (κ3) is 4.66. The fraction of sp³-hybridized carbons (Fsp3) is 0.722. The second kappa shape index (κ2) is 8.24. The van der Waals surface area contributed by atoms with Crippen molar-refractivity contribution in [1.82, 2.24) is 19.4 Å². The molecular formula is C18H26F2N4O2. The fourth-order valence-electron chi connectivity index (χ4n) is 3.94. The van der Waals surface area contributed by atoms with Crippen LogP contribution in [0, 0.1) is 11.8 Å². The van der Waals surface area contributed by atoms with Gasteiger partial charge in [0.25, 0.3) is 12.0 Å². The van der Waals surface area contributed by atoms with Gasteiger partial charge in [0.15, 0.2) is 0 Å². The second-order valence-corrected chi connectivity index (χ2v) is 7.53. The predicted molar refractivity (Wildman–Crippen MR) is 93.0 cm³/mol. The van der Waals surface area contributed by atoms with Gasteiger partial charge in [-0.05, 0) is 44.2 Å². The molecule has 1 aromatic rings. The number of piperidine rings is 2. The summed E-state index contributed by atoms with van der Waals surface area (Å²) < 4.78 is 26.6. The summed E-state index contributed by atoms with van der Waals surface area (Å²) in [4.78, 5) is 31.5. The topological polar surface area (TPSA) is 58.4 Å². The van der Waals surface area contributed by atoms with E-state index < -0.39 is 17.7 Å². The molecule has 1 atom stereocenters. The van der Waals surface area contributed by atoms with Gasteiger partial charge in [0, 0.05) is 39.2 Å². The van der Waals surface area contributed by atoms with Gasteiger partial charge in [-0.3, -0.25) is 14.2 Å². The molecule has 0 bridgehead atoms. The molecule has 1 amide bonds. The molecule has 8 heteroatoms. The van der Waals surface area contributed by atoms with Gasteiger partial charge in [-0.2, -0.15) is 0 Å². The Morgan fingerprint density at radius 3 is 2.50 bits per heavy atom. The Bertz CT molecular complexity index is 686. The lowest BCUT2D eigenvalue weighted by molar-refractivity contribution is -0.133. The molecule has 2 aliphatic heterocycles. The molecule has 6 nitrogen and oxygen atoms in total. The maximum absolute atomic E-state index is 12.6. The monoisotopic (exact) mass is 368 g/mol. The highest BCUT2D eigenvalue weighted by molar-refractivity contribution is 5.76. The van der Waals surface area contributed by atoms with Crippen molar-refractivity contribution in [2.24, 2.45) is 11.8 Å². The standard InChI is InChI=1S/C18H26F2N4O2/c1-22-9-14(2-3-16(22)25)10-23-6-4-13(5-7-23)11-24-12-21-15(18(19)20)8-17(24)26/h8,12-14,18H,2-7,9-11H2,1H3. The molecule has 144 valence electrons. The Kier molecular flexibility index (Phi) is 6.01. The molecule has 0 radical (unpaired) electrons. The lowest BCUT2D eigenvalue weighted by atomic mass is 9.93. The van der Waals surface area contributed by atoms with Gasteiger partial charge in [0.1, 0.15) is 5.69 Å². The number of carbonyl (C=O) groups is 1. The number of halogens is 2. The predicted octanol–water partition coefficient (Wildman–Crippen LogP) is 1.76. The number of amides is 1. The summed E-state index contributed by atoms with van der Waals surface area (Å²) in [5, 5.41) is 0. The highest BCUT2D eigenvalue weighted by Gasteiger charge is 2.27. The summed E-state index contributed by atoms with van der Waals surface area (Å²) in [5.74, 6) is 1.12. The summed E-state index contributed by atoms with van der Waals surface area (Å²) in [6, 6.07) is 0.931. The van der Waals surface area contributed by atoms with E-state index in [1.807, 2.05) is 11.9 Å². The van der Waals surface area contributed by atoms with Gasteiger partial charge < -0.3 is 9.80 Å². The SMILES string of the molecule is CN1CC(CN2CCC(Cn3cnc(C(F)F)cc3=O)CC2)CCC1=O. The van der Waals surface area contributed by atoms with Gasteiger partial charge in [-0.15, -0.1) is 0 Å². The van der Waals surface area contributed by atoms with Crippen molar-refractivity contribution in [3.8, 4) is 0 Å². The van der Waals surface area contributed by atoms with E-state index in [0.29, 0.717) is 24.8 Å². The van der Waals surface area contributed by atoms with Crippen molar-refractivity contribution in [2.45, 2.75) is 38.7 Å². The number of nitrogens with zero attached hydrogens (tertiary/aromatic N) is 4. The van der Waals surface area contributed by atoms with E-state index in [4.69, 9.17) is 0 Å². The summed E-state index contributed by atoms with van der Waals surface area (Å²) in [6.45, 7) is 4.31. The molecule has 2 aliphatic rings.